The molecule has 1 aromatic heterocycles. The summed E-state index contributed by atoms with van der Waals surface area (Å²) in [5, 5.41) is 10.2. The van der Waals surface area contributed by atoms with Gasteiger partial charge in [-0.3, -0.25) is 9.79 Å². The minimum Gasteiger partial charge on any atom is -0.379 e. The fraction of sp³-hybridized carbons (Fsp3) is 0.346. The van der Waals surface area contributed by atoms with Gasteiger partial charge in [-0.15, -0.1) is 0 Å². The molecule has 2 unspecified atom stereocenters. The number of dihydropyridines is 1. The van der Waals surface area contributed by atoms with Crippen LogP contribution in [0.25, 0.3) is 22.4 Å². The van der Waals surface area contributed by atoms with E-state index >= 15 is 0 Å². The number of allylic oxidation sites excluding steroid dienone is 1. The summed E-state index contributed by atoms with van der Waals surface area (Å²) < 4.78 is 8.96. The molecule has 0 aliphatic carbocycles. The summed E-state index contributed by atoms with van der Waals surface area (Å²) >= 11 is 0. The van der Waals surface area contributed by atoms with Gasteiger partial charge in [-0.25, -0.2) is 14.3 Å². The smallest absolute Gasteiger partial charge is 0.297 e. The van der Waals surface area contributed by atoms with E-state index in [9.17, 15) is 4.79 Å². The average molecular weight is 455 g/mol. The summed E-state index contributed by atoms with van der Waals surface area (Å²) in [6.45, 7) is 4.56. The Labute approximate surface area is 196 Å². The summed E-state index contributed by atoms with van der Waals surface area (Å²) in [7, 11) is 0. The summed E-state index contributed by atoms with van der Waals surface area (Å²) in [6.07, 6.45) is 7.84. The third-order valence-electron chi connectivity index (χ3n) is 6.68. The molecule has 0 amide bonds. The number of nitrogens with zero attached hydrogens (tertiary/aromatic N) is 6. The van der Waals surface area contributed by atoms with Crippen LogP contribution in [-0.2, 0) is 11.3 Å². The Hall–Kier alpha value is -3.65. The number of benzene rings is 1. The molecule has 0 spiro atoms. The van der Waals surface area contributed by atoms with Gasteiger partial charge in [-0.2, -0.15) is 10.2 Å². The quantitative estimate of drug-likeness (QED) is 0.470. The van der Waals surface area contributed by atoms with Gasteiger partial charge in [0.1, 0.15) is 5.69 Å². The van der Waals surface area contributed by atoms with Crippen LogP contribution >= 0.6 is 0 Å². The molecule has 0 N–H and O–H groups in total. The van der Waals surface area contributed by atoms with E-state index < -0.39 is 0 Å². The van der Waals surface area contributed by atoms with Crippen molar-refractivity contribution in [2.45, 2.75) is 38.3 Å². The van der Waals surface area contributed by atoms with Crippen molar-refractivity contribution in [3.63, 3.8) is 0 Å². The van der Waals surface area contributed by atoms with Crippen LogP contribution in [0.5, 0.6) is 0 Å². The number of ether oxygens (including phenoxy) is 1. The molecule has 0 radical (unpaired) electrons. The molecule has 6 rings (SSSR count). The molecule has 172 valence electrons. The molecular weight excluding hydrogens is 428 g/mol. The van der Waals surface area contributed by atoms with Gasteiger partial charge in [-0.1, -0.05) is 30.3 Å². The highest BCUT2D eigenvalue weighted by molar-refractivity contribution is 5.93. The molecule has 0 saturated carbocycles. The zero-order chi connectivity index (χ0) is 23.1. The van der Waals surface area contributed by atoms with Crippen LogP contribution in [-0.4, -0.2) is 50.0 Å². The maximum atomic E-state index is 13.3. The Morgan fingerprint density at radius 2 is 2.00 bits per heavy atom. The summed E-state index contributed by atoms with van der Waals surface area (Å²) in [4.78, 5) is 22.4. The molecule has 2 atom stereocenters. The number of fused-ring (bicyclic) bond motifs is 3. The first-order valence-corrected chi connectivity index (χ1v) is 11.8. The maximum Gasteiger partial charge on any atom is 0.297 e. The van der Waals surface area contributed by atoms with Gasteiger partial charge in [0.15, 0.2) is 11.3 Å². The highest BCUT2D eigenvalue weighted by Gasteiger charge is 2.27. The second-order valence-electron chi connectivity index (χ2n) is 9.04. The second-order valence-corrected chi connectivity index (χ2v) is 9.04. The van der Waals surface area contributed by atoms with Crippen LogP contribution in [0.2, 0.25) is 0 Å². The lowest BCUT2D eigenvalue weighted by Crippen LogP contribution is -2.29. The lowest BCUT2D eigenvalue weighted by molar-refractivity contribution is 0.0540. The van der Waals surface area contributed by atoms with Crippen LogP contribution in [0.4, 0.5) is 0 Å². The predicted molar refractivity (Wildman–Crippen MR) is 131 cm³/mol. The third kappa shape index (κ3) is 3.74. The van der Waals surface area contributed by atoms with E-state index in [1.807, 2.05) is 23.7 Å². The van der Waals surface area contributed by atoms with Crippen LogP contribution in [0.15, 0.2) is 64.5 Å². The Balaban J connectivity index is 1.36. The van der Waals surface area contributed by atoms with Gasteiger partial charge >= 0.3 is 0 Å². The van der Waals surface area contributed by atoms with Crippen molar-refractivity contribution in [1.82, 2.24) is 24.5 Å². The van der Waals surface area contributed by atoms with Crippen molar-refractivity contribution < 1.29 is 4.74 Å². The minimum atomic E-state index is -0.166. The maximum absolute atomic E-state index is 13.3. The fourth-order valence-electron chi connectivity index (χ4n) is 4.78. The van der Waals surface area contributed by atoms with Crippen LogP contribution in [0, 0.1) is 0 Å². The Morgan fingerprint density at radius 1 is 1.12 bits per heavy atom. The standard InChI is InChI=1S/C26H26N6O2/c1-17-6-9-20(14-28-17)19-10-7-18(8-11-19)15-31-25-22(5-2-12-27-25)23-24(29-31)26(33)32(30-23)21-4-3-13-34-16-21/h2,5-12,20-21H,3-4,13-16H2,1H3. The zero-order valence-corrected chi connectivity index (χ0v) is 19.1. The van der Waals surface area contributed by atoms with Crippen molar-refractivity contribution in [3.8, 4) is 11.4 Å². The van der Waals surface area contributed by atoms with Gasteiger partial charge in [-0.05, 0) is 49.1 Å². The molecule has 8 heteroatoms. The topological polar surface area (TPSA) is 87.2 Å². The molecule has 4 aliphatic heterocycles. The van der Waals surface area contributed by atoms with E-state index in [1.54, 1.807) is 10.9 Å². The molecule has 4 aliphatic rings. The van der Waals surface area contributed by atoms with Crippen molar-refractivity contribution >= 4 is 16.7 Å². The second kappa shape index (κ2) is 8.61. The first-order valence-electron chi connectivity index (χ1n) is 11.8. The summed E-state index contributed by atoms with van der Waals surface area (Å²) in [5.74, 6) is 0.306. The monoisotopic (exact) mass is 454 g/mol. The first kappa shape index (κ1) is 20.9. The zero-order valence-electron chi connectivity index (χ0n) is 19.1. The molecule has 34 heavy (non-hydrogen) atoms. The highest BCUT2D eigenvalue weighted by atomic mass is 16.5. The number of aromatic nitrogens is 5. The van der Waals surface area contributed by atoms with Gasteiger partial charge in [0.2, 0.25) is 0 Å². The lowest BCUT2D eigenvalue weighted by atomic mass is 9.95. The third-order valence-corrected chi connectivity index (χ3v) is 6.68. The van der Waals surface area contributed by atoms with E-state index in [1.165, 1.54) is 5.56 Å². The average Bonchev–Trinajstić information content (AvgIpc) is 3.22. The lowest BCUT2D eigenvalue weighted by Gasteiger charge is -2.21. The Kier molecular flexibility index (Phi) is 5.30. The van der Waals surface area contributed by atoms with Gasteiger partial charge < -0.3 is 4.74 Å². The van der Waals surface area contributed by atoms with Crippen molar-refractivity contribution in [2.24, 2.45) is 4.99 Å². The van der Waals surface area contributed by atoms with E-state index in [0.717, 1.165) is 42.7 Å². The highest BCUT2D eigenvalue weighted by Crippen LogP contribution is 2.27. The SMILES string of the molecule is CC1=NCC(c2ccc(Cn3nc4c(=O)n(C5CCCOC5)nc-4c4cccnc43)cc2)C=C1. The molecule has 1 fully saturated rings. The Bertz CT molecular complexity index is 1430. The molecule has 1 saturated heterocycles. The number of hydrogen-bond donors (Lipinski definition) is 0. The first-order chi connectivity index (χ1) is 16.7. The largest absolute Gasteiger partial charge is 0.379 e. The molecule has 5 heterocycles. The van der Waals surface area contributed by atoms with Crippen molar-refractivity contribution in [2.75, 3.05) is 19.8 Å². The fourth-order valence-corrected chi connectivity index (χ4v) is 4.78. The predicted octanol–water partition coefficient (Wildman–Crippen LogP) is 3.61. The number of pyridine rings is 1. The van der Waals surface area contributed by atoms with Gasteiger partial charge in [0.05, 0.1) is 19.2 Å². The number of rotatable bonds is 4. The van der Waals surface area contributed by atoms with E-state index in [2.05, 4.69) is 51.5 Å². The molecule has 1 aromatic carbocycles. The summed E-state index contributed by atoms with van der Waals surface area (Å²) in [6, 6.07) is 12.3. The number of hydrogen-bond acceptors (Lipinski definition) is 6. The normalized spacial score (nSPS) is 20.7. The van der Waals surface area contributed by atoms with Crippen molar-refractivity contribution in [1.29, 1.82) is 0 Å². The van der Waals surface area contributed by atoms with E-state index in [0.29, 0.717) is 36.1 Å². The summed E-state index contributed by atoms with van der Waals surface area (Å²) in [5.41, 5.74) is 4.93. The Morgan fingerprint density at radius 3 is 2.76 bits per heavy atom. The molecular formula is C26H26N6O2. The van der Waals surface area contributed by atoms with Gasteiger partial charge in [0, 0.05) is 36.4 Å². The van der Waals surface area contributed by atoms with E-state index in [-0.39, 0.29) is 11.6 Å². The van der Waals surface area contributed by atoms with Crippen LogP contribution in [0.1, 0.15) is 42.9 Å². The van der Waals surface area contributed by atoms with Crippen LogP contribution < -0.4 is 5.56 Å². The van der Waals surface area contributed by atoms with E-state index in [4.69, 9.17) is 9.84 Å². The van der Waals surface area contributed by atoms with Crippen molar-refractivity contribution in [3.05, 3.63) is 76.2 Å². The number of aliphatic imine (C=N–C) groups is 1. The molecule has 0 bridgehead atoms. The van der Waals surface area contributed by atoms with Gasteiger partial charge in [0.25, 0.3) is 5.56 Å². The minimum absolute atomic E-state index is 0.0508. The molecule has 2 aromatic rings. The molecule has 8 nitrogen and oxygen atoms in total. The van der Waals surface area contributed by atoms with Crippen LogP contribution in [0.3, 0.4) is 0 Å².